The summed E-state index contributed by atoms with van der Waals surface area (Å²) in [7, 11) is -2.16. The number of aromatic amines is 1. The van der Waals surface area contributed by atoms with E-state index in [4.69, 9.17) is 23.7 Å². The van der Waals surface area contributed by atoms with E-state index < -0.39 is 38.1 Å². The minimum atomic E-state index is -3.85. The molecule has 5 N–H and O–H groups in total. The average Bonchev–Trinajstić information content (AvgIpc) is 3.69. The Balaban J connectivity index is 0.873. The molecule has 1 aliphatic heterocycles. The third kappa shape index (κ3) is 13.8. The number of aryl methyl sites for hydroxylation is 2. The van der Waals surface area contributed by atoms with E-state index in [1.54, 1.807) is 51.8 Å². The quantitative estimate of drug-likeness (QED) is 0.0447. The Morgan fingerprint density at radius 3 is 2.16 bits per heavy atom. The molecule has 0 bridgehead atoms. The van der Waals surface area contributed by atoms with Crippen LogP contribution in [-0.4, -0.2) is 134 Å². The van der Waals surface area contributed by atoms with Crippen molar-refractivity contribution < 1.29 is 46.5 Å². The Morgan fingerprint density at radius 1 is 0.827 bits per heavy atom. The minimum absolute atomic E-state index is 0.0257. The second kappa shape index (κ2) is 24.7. The van der Waals surface area contributed by atoms with Crippen LogP contribution in [0.25, 0.3) is 10.9 Å². The second-order valence-electron chi connectivity index (χ2n) is 21.2. The summed E-state index contributed by atoms with van der Waals surface area (Å²) in [6, 6.07) is 14.7. The predicted molar refractivity (Wildman–Crippen MR) is 286 cm³/mol. The Morgan fingerprint density at radius 2 is 1.51 bits per heavy atom. The van der Waals surface area contributed by atoms with Gasteiger partial charge in [0.1, 0.15) is 53.8 Å². The summed E-state index contributed by atoms with van der Waals surface area (Å²) in [4.78, 5) is 52.7. The lowest BCUT2D eigenvalue weighted by atomic mass is 9.83. The van der Waals surface area contributed by atoms with Crippen molar-refractivity contribution in [3.63, 3.8) is 0 Å². The molecule has 5 aromatic rings. The molecule has 0 radical (unpaired) electrons. The zero-order valence-electron chi connectivity index (χ0n) is 45.1. The Hall–Kier alpha value is -6.19. The first-order valence-electron chi connectivity index (χ1n) is 25.8. The lowest BCUT2D eigenvalue weighted by molar-refractivity contribution is -0.147. The summed E-state index contributed by atoms with van der Waals surface area (Å²) in [6.45, 7) is 18.5. The summed E-state index contributed by atoms with van der Waals surface area (Å²) in [5, 5.41) is 20.2. The molecular formula is C55H75N9O10S. The number of benzene rings is 3. The fourth-order valence-electron chi connectivity index (χ4n) is 9.01. The van der Waals surface area contributed by atoms with Gasteiger partial charge in [-0.2, -0.15) is 5.10 Å². The van der Waals surface area contributed by atoms with Crippen LogP contribution in [0.2, 0.25) is 0 Å². The first-order chi connectivity index (χ1) is 35.7. The number of carbonyl (C=O) groups is 3. The number of rotatable bonds is 23. The molecule has 75 heavy (non-hydrogen) atoms. The number of anilines is 2. The number of hydrogen-bond donors (Lipinski definition) is 5. The first kappa shape index (κ1) is 56.5. The molecule has 2 aliphatic rings. The molecule has 0 saturated heterocycles. The van der Waals surface area contributed by atoms with Crippen molar-refractivity contribution in [1.29, 1.82) is 0 Å². The predicted octanol–water partition coefficient (Wildman–Crippen LogP) is 6.38. The second-order valence-corrected chi connectivity index (χ2v) is 23.9. The Bertz CT molecular complexity index is 2920. The highest BCUT2D eigenvalue weighted by atomic mass is 32.2. The van der Waals surface area contributed by atoms with Crippen LogP contribution in [0.4, 0.5) is 11.6 Å². The number of nitrogens with zero attached hydrogens (tertiary/aromatic N) is 4. The molecule has 0 saturated carbocycles. The smallest absolute Gasteiger partial charge is 0.246 e. The van der Waals surface area contributed by atoms with Gasteiger partial charge in [-0.05, 0) is 114 Å². The number of nitrogens with one attached hydrogen (secondary N) is 5. The van der Waals surface area contributed by atoms with Crippen molar-refractivity contribution in [2.75, 3.05) is 65.2 Å². The molecule has 0 spiro atoms. The van der Waals surface area contributed by atoms with E-state index in [1.807, 2.05) is 65.0 Å². The summed E-state index contributed by atoms with van der Waals surface area (Å²) in [5.41, 5.74) is 5.80. The molecular weight excluding hydrogens is 979 g/mol. The van der Waals surface area contributed by atoms with E-state index in [2.05, 4.69) is 53.6 Å². The zero-order chi connectivity index (χ0) is 54.1. The molecule has 406 valence electrons. The number of ether oxygens (including phenoxy) is 5. The van der Waals surface area contributed by atoms with Crippen LogP contribution in [0.15, 0.2) is 65.8 Å². The van der Waals surface area contributed by atoms with Gasteiger partial charge in [0.2, 0.25) is 17.7 Å². The fraction of sp³-hybridized carbons (Fsp3) is 0.527. The van der Waals surface area contributed by atoms with Gasteiger partial charge >= 0.3 is 0 Å². The van der Waals surface area contributed by atoms with Crippen LogP contribution in [0, 0.1) is 19.3 Å². The lowest BCUT2D eigenvalue weighted by Gasteiger charge is -2.41. The van der Waals surface area contributed by atoms with E-state index in [9.17, 15) is 22.8 Å². The maximum absolute atomic E-state index is 14.7. The van der Waals surface area contributed by atoms with E-state index >= 15 is 0 Å². The highest BCUT2D eigenvalue weighted by Crippen LogP contribution is 2.38. The number of fused-ring (bicyclic) bond motifs is 3. The fourth-order valence-corrected chi connectivity index (χ4v) is 10.3. The number of H-pyrrole nitrogens is 1. The number of likely N-dealkylation sites (N-methyl/N-ethyl adjacent to an activating group) is 1. The highest BCUT2D eigenvalue weighted by molar-refractivity contribution is 7.92. The van der Waals surface area contributed by atoms with Crippen molar-refractivity contribution in [2.24, 2.45) is 5.41 Å². The van der Waals surface area contributed by atoms with Gasteiger partial charge in [-0.1, -0.05) is 51.1 Å². The van der Waals surface area contributed by atoms with Gasteiger partial charge in [0.25, 0.3) is 0 Å². The van der Waals surface area contributed by atoms with Crippen molar-refractivity contribution in [3.05, 3.63) is 94.4 Å². The lowest BCUT2D eigenvalue weighted by Crippen LogP contribution is -2.62. The van der Waals surface area contributed by atoms with Crippen LogP contribution < -0.4 is 30.7 Å². The van der Waals surface area contributed by atoms with Crippen LogP contribution in [0.5, 0.6) is 11.5 Å². The van der Waals surface area contributed by atoms with Gasteiger partial charge in [-0.25, -0.2) is 18.4 Å². The third-order valence-electron chi connectivity index (χ3n) is 13.8. The van der Waals surface area contributed by atoms with Crippen molar-refractivity contribution in [1.82, 2.24) is 41.0 Å². The summed E-state index contributed by atoms with van der Waals surface area (Å²) >= 11 is 0. The summed E-state index contributed by atoms with van der Waals surface area (Å²) < 4.78 is 55.9. The Kier molecular flexibility index (Phi) is 18.6. The van der Waals surface area contributed by atoms with Crippen LogP contribution in [-0.2, 0) is 57.8 Å². The maximum atomic E-state index is 14.7. The molecule has 3 aromatic carbocycles. The third-order valence-corrected chi connectivity index (χ3v) is 16.3. The van der Waals surface area contributed by atoms with Gasteiger partial charge in [0.15, 0.2) is 15.7 Å². The van der Waals surface area contributed by atoms with Gasteiger partial charge in [0, 0.05) is 35.7 Å². The molecule has 0 fully saturated rings. The number of aromatic nitrogens is 4. The van der Waals surface area contributed by atoms with Crippen molar-refractivity contribution in [3.8, 4) is 11.5 Å². The van der Waals surface area contributed by atoms with Crippen molar-refractivity contribution in [2.45, 2.75) is 128 Å². The van der Waals surface area contributed by atoms with Gasteiger partial charge in [0.05, 0.1) is 62.0 Å². The normalized spacial score (nSPS) is 16.6. The van der Waals surface area contributed by atoms with E-state index in [-0.39, 0.29) is 67.4 Å². The topological polar surface area (TPSA) is 237 Å². The average molecular weight is 1050 g/mol. The Labute approximate surface area is 440 Å². The van der Waals surface area contributed by atoms with E-state index in [0.717, 1.165) is 47.2 Å². The monoisotopic (exact) mass is 1050 g/mol. The molecule has 2 aromatic heterocycles. The summed E-state index contributed by atoms with van der Waals surface area (Å²) in [5.74, 6) is 0.918. The van der Waals surface area contributed by atoms with E-state index in [0.29, 0.717) is 61.1 Å². The highest BCUT2D eigenvalue weighted by Gasteiger charge is 2.43. The zero-order valence-corrected chi connectivity index (χ0v) is 45.9. The van der Waals surface area contributed by atoms with E-state index in [1.165, 1.54) is 11.9 Å². The number of hydrogen-bond acceptors (Lipinski definition) is 15. The van der Waals surface area contributed by atoms with Crippen LogP contribution in [0.1, 0.15) is 101 Å². The largest absolute Gasteiger partial charge is 0.491 e. The molecule has 20 heteroatoms. The molecule has 0 unspecified atom stereocenters. The van der Waals surface area contributed by atoms with Gasteiger partial charge in [-0.3, -0.25) is 19.5 Å². The van der Waals surface area contributed by atoms with Gasteiger partial charge in [-0.15, -0.1) is 0 Å². The standard InChI is InChI=1S/C55H75N9O10S/c1-34-35(2)62-63-49(34)61-50-42-30-47(75(68,69)55(7,8)9)46(31-44(42)57-33-58-50)74-27-25-72-23-21-70-20-22-71-24-26-73-40-19-18-38-29-45(52(66)59-43-17-13-15-37-14-11-12-16-41(37)43)64(32-39(38)28-40)53(67)48(54(4,5)6)60-51(65)36(3)56-10/h11-12,14,16,18-19,28,30-31,33,36,43,45,48,56H,13,15,17,20-27,29,32H2,1-10H3,(H,59,66)(H,60,65)(H2,57,58,61,62,63)/t36-,43+,45+,48+/m0/s1. The maximum Gasteiger partial charge on any atom is 0.246 e. The number of amides is 3. The molecule has 3 amide bonds. The van der Waals surface area contributed by atoms with Crippen LogP contribution >= 0.6 is 0 Å². The molecule has 4 atom stereocenters. The van der Waals surface area contributed by atoms with Crippen LogP contribution in [0.3, 0.4) is 0 Å². The summed E-state index contributed by atoms with van der Waals surface area (Å²) in [6.07, 6.45) is 4.43. The van der Waals surface area contributed by atoms with Gasteiger partial charge < -0.3 is 49.9 Å². The molecule has 3 heterocycles. The molecule has 19 nitrogen and oxygen atoms in total. The molecule has 1 aliphatic carbocycles. The molecule has 7 rings (SSSR count). The van der Waals surface area contributed by atoms with Crippen molar-refractivity contribution >= 4 is 50.1 Å². The minimum Gasteiger partial charge on any atom is -0.491 e. The number of sulfone groups is 1. The SMILES string of the molecule is CN[C@@H](C)C(=O)N[C@H](C(=O)N1Cc2cc(OCCOCCOCCOCCOc3cc4ncnc(Nc5n[nH]c(C)c5C)c4cc3S(=O)(=O)C(C)(C)C)ccc2C[C@@H]1C(=O)N[C@@H]1CCCc2ccccc21)C(C)(C)C. The number of carbonyl (C=O) groups excluding carboxylic acids is 3. The first-order valence-corrected chi connectivity index (χ1v) is 27.2.